The first-order valence-corrected chi connectivity index (χ1v) is 10.2. The smallest absolute Gasteiger partial charge is 0.360 e. The lowest BCUT2D eigenvalue weighted by Gasteiger charge is -2.17. The Labute approximate surface area is 180 Å². The average molecular weight is 419 g/mol. The average Bonchev–Trinajstić information content (AvgIpc) is 2.76. The number of benzene rings is 2. The van der Waals surface area contributed by atoms with E-state index in [1.54, 1.807) is 19.1 Å². The minimum Gasteiger partial charge on any atom is -0.461 e. The number of nitrogens with one attached hydrogen (secondary N) is 1. The molecule has 1 amide bonds. The number of hydrogen-bond acceptors (Lipinski definition) is 5. The van der Waals surface area contributed by atoms with Gasteiger partial charge >= 0.3 is 5.97 Å². The summed E-state index contributed by atoms with van der Waals surface area (Å²) in [5.74, 6) is -1.48. The van der Waals surface area contributed by atoms with Crippen LogP contribution in [0.1, 0.15) is 47.8 Å². The van der Waals surface area contributed by atoms with Gasteiger partial charge in [0.05, 0.1) is 23.9 Å². The molecule has 1 heterocycles. The summed E-state index contributed by atoms with van der Waals surface area (Å²) in [5, 5.41) is 6.93. The van der Waals surface area contributed by atoms with Gasteiger partial charge in [-0.15, -0.1) is 0 Å². The van der Waals surface area contributed by atoms with Gasteiger partial charge in [-0.05, 0) is 38.0 Å². The molecule has 0 spiro atoms. The van der Waals surface area contributed by atoms with E-state index in [1.807, 2.05) is 56.3 Å². The summed E-state index contributed by atoms with van der Waals surface area (Å²) >= 11 is 0. The molecule has 2 aromatic carbocycles. The summed E-state index contributed by atoms with van der Waals surface area (Å²) in [6, 6.07) is 17.7. The molecule has 0 radical (unpaired) electrons. The Hall–Kier alpha value is -3.74. The Morgan fingerprint density at radius 3 is 2.35 bits per heavy atom. The molecule has 1 unspecified atom stereocenters. The van der Waals surface area contributed by atoms with Gasteiger partial charge in [0, 0.05) is 6.07 Å². The molecule has 31 heavy (non-hydrogen) atoms. The monoisotopic (exact) mass is 419 g/mol. The lowest BCUT2D eigenvalue weighted by Crippen LogP contribution is -2.28. The topological polar surface area (TPSA) is 90.3 Å². The number of aryl methyl sites for hydroxylation is 1. The molecule has 3 aromatic rings. The number of nitrogens with zero attached hydrogens (tertiary/aromatic N) is 2. The highest BCUT2D eigenvalue weighted by atomic mass is 16.5. The van der Waals surface area contributed by atoms with Crippen molar-refractivity contribution in [3.63, 3.8) is 0 Å². The van der Waals surface area contributed by atoms with E-state index in [-0.39, 0.29) is 23.9 Å². The Bertz CT molecular complexity index is 1120. The lowest BCUT2D eigenvalue weighted by molar-refractivity contribution is -0.117. The molecule has 0 saturated carbocycles. The molecule has 160 valence electrons. The minimum absolute atomic E-state index is 0.0335. The van der Waals surface area contributed by atoms with Crippen molar-refractivity contribution in [3.05, 3.63) is 87.8 Å². The van der Waals surface area contributed by atoms with Crippen molar-refractivity contribution < 1.29 is 14.3 Å². The molecule has 7 heteroatoms. The summed E-state index contributed by atoms with van der Waals surface area (Å²) in [6.07, 6.45) is 0.554. The molecular weight excluding hydrogens is 394 g/mol. The van der Waals surface area contributed by atoms with Crippen molar-refractivity contribution in [3.8, 4) is 5.69 Å². The third-order valence-corrected chi connectivity index (χ3v) is 4.86. The Kier molecular flexibility index (Phi) is 6.97. The maximum Gasteiger partial charge on any atom is 0.360 e. The second-order valence-corrected chi connectivity index (χ2v) is 7.07. The van der Waals surface area contributed by atoms with Crippen LogP contribution in [0.15, 0.2) is 65.5 Å². The third-order valence-electron chi connectivity index (χ3n) is 4.86. The van der Waals surface area contributed by atoms with Gasteiger partial charge in [0.1, 0.15) is 0 Å². The van der Waals surface area contributed by atoms with Gasteiger partial charge in [-0.2, -0.15) is 9.78 Å². The van der Waals surface area contributed by atoms with E-state index >= 15 is 0 Å². The maximum absolute atomic E-state index is 13.0. The number of ether oxygens (including phenoxy) is 1. The van der Waals surface area contributed by atoms with Crippen LogP contribution in [0.3, 0.4) is 0 Å². The summed E-state index contributed by atoms with van der Waals surface area (Å²) in [5.41, 5.74) is 1.82. The fourth-order valence-corrected chi connectivity index (χ4v) is 3.25. The van der Waals surface area contributed by atoms with Crippen LogP contribution < -0.4 is 10.9 Å². The van der Waals surface area contributed by atoms with E-state index in [0.717, 1.165) is 15.8 Å². The first kappa shape index (κ1) is 22.0. The van der Waals surface area contributed by atoms with E-state index in [1.165, 1.54) is 6.07 Å². The summed E-state index contributed by atoms with van der Waals surface area (Å²) < 4.78 is 6.22. The van der Waals surface area contributed by atoms with E-state index in [0.29, 0.717) is 12.1 Å². The van der Waals surface area contributed by atoms with Gasteiger partial charge < -0.3 is 10.1 Å². The Morgan fingerprint density at radius 2 is 1.74 bits per heavy atom. The lowest BCUT2D eigenvalue weighted by atomic mass is 9.95. The molecule has 3 rings (SSSR count). The van der Waals surface area contributed by atoms with Crippen LogP contribution in [0.2, 0.25) is 0 Å². The molecule has 1 aromatic heterocycles. The quantitative estimate of drug-likeness (QED) is 0.588. The summed E-state index contributed by atoms with van der Waals surface area (Å²) in [4.78, 5) is 38.3. The number of esters is 1. The van der Waals surface area contributed by atoms with Crippen molar-refractivity contribution in [2.45, 2.75) is 33.1 Å². The number of rotatable bonds is 7. The van der Waals surface area contributed by atoms with Gasteiger partial charge in [-0.1, -0.05) is 55.0 Å². The zero-order valence-electron chi connectivity index (χ0n) is 17.8. The second kappa shape index (κ2) is 9.84. The van der Waals surface area contributed by atoms with Crippen molar-refractivity contribution >= 4 is 17.6 Å². The zero-order valence-corrected chi connectivity index (χ0v) is 17.8. The molecule has 7 nitrogen and oxygen atoms in total. The van der Waals surface area contributed by atoms with Gasteiger partial charge in [0.2, 0.25) is 5.91 Å². The van der Waals surface area contributed by atoms with Crippen LogP contribution in [-0.4, -0.2) is 28.3 Å². The highest BCUT2D eigenvalue weighted by molar-refractivity contribution is 6.01. The molecule has 0 aliphatic heterocycles. The highest BCUT2D eigenvalue weighted by Crippen LogP contribution is 2.22. The SMILES string of the molecule is CCOC(=O)c1nn(-c2ccc(C)cc2)c(=O)cc1NC(=O)C(CC)c1ccccc1. The van der Waals surface area contributed by atoms with E-state index in [2.05, 4.69) is 10.4 Å². The van der Waals surface area contributed by atoms with Crippen molar-refractivity contribution in [1.29, 1.82) is 0 Å². The molecule has 0 fully saturated rings. The summed E-state index contributed by atoms with van der Waals surface area (Å²) in [7, 11) is 0. The zero-order chi connectivity index (χ0) is 22.4. The molecule has 1 atom stereocenters. The molecule has 0 bridgehead atoms. The van der Waals surface area contributed by atoms with Gasteiger partial charge in [-0.3, -0.25) is 9.59 Å². The number of carbonyl (C=O) groups is 2. The molecule has 0 aliphatic carbocycles. The molecule has 0 saturated heterocycles. The van der Waals surface area contributed by atoms with E-state index in [9.17, 15) is 14.4 Å². The fourth-order valence-electron chi connectivity index (χ4n) is 3.25. The largest absolute Gasteiger partial charge is 0.461 e. The Balaban J connectivity index is 2.01. The first-order chi connectivity index (χ1) is 14.9. The number of hydrogen-bond donors (Lipinski definition) is 1. The van der Waals surface area contributed by atoms with Crippen molar-refractivity contribution in [2.75, 3.05) is 11.9 Å². The maximum atomic E-state index is 13.0. The van der Waals surface area contributed by atoms with Crippen molar-refractivity contribution in [1.82, 2.24) is 9.78 Å². The third kappa shape index (κ3) is 5.06. The second-order valence-electron chi connectivity index (χ2n) is 7.07. The number of carbonyl (C=O) groups excluding carboxylic acids is 2. The number of aromatic nitrogens is 2. The van der Waals surface area contributed by atoms with Crippen LogP contribution in [0, 0.1) is 6.92 Å². The molecule has 1 N–H and O–H groups in total. The predicted molar refractivity (Wildman–Crippen MR) is 119 cm³/mol. The van der Waals surface area contributed by atoms with Gasteiger partial charge in [-0.25, -0.2) is 4.79 Å². The van der Waals surface area contributed by atoms with E-state index < -0.39 is 17.4 Å². The van der Waals surface area contributed by atoms with Crippen LogP contribution >= 0.6 is 0 Å². The Morgan fingerprint density at radius 1 is 1.06 bits per heavy atom. The highest BCUT2D eigenvalue weighted by Gasteiger charge is 2.24. The predicted octanol–water partition coefficient (Wildman–Crippen LogP) is 3.85. The number of amides is 1. The van der Waals surface area contributed by atoms with Gasteiger partial charge in [0.15, 0.2) is 5.69 Å². The summed E-state index contributed by atoms with van der Waals surface area (Å²) in [6.45, 7) is 5.64. The van der Waals surface area contributed by atoms with Gasteiger partial charge in [0.25, 0.3) is 5.56 Å². The first-order valence-electron chi connectivity index (χ1n) is 10.2. The molecular formula is C24H25N3O4. The normalized spacial score (nSPS) is 11.6. The van der Waals surface area contributed by atoms with Crippen LogP contribution in [-0.2, 0) is 9.53 Å². The van der Waals surface area contributed by atoms with Crippen molar-refractivity contribution in [2.24, 2.45) is 0 Å². The van der Waals surface area contributed by atoms with E-state index in [4.69, 9.17) is 4.74 Å². The van der Waals surface area contributed by atoms with Crippen LogP contribution in [0.4, 0.5) is 5.69 Å². The van der Waals surface area contributed by atoms with Crippen LogP contribution in [0.5, 0.6) is 0 Å². The molecule has 0 aliphatic rings. The van der Waals surface area contributed by atoms with Crippen LogP contribution in [0.25, 0.3) is 5.69 Å². The standard InChI is InChI=1S/C24H25N3O4/c1-4-19(17-9-7-6-8-10-17)23(29)25-20-15-21(28)27(18-13-11-16(3)12-14-18)26-22(20)24(30)31-5-2/h6-15,19H,4-5H2,1-3H3,(H,25,29). The fraction of sp³-hybridized carbons (Fsp3) is 0.250. The number of anilines is 1. The minimum atomic E-state index is -0.716.